The monoisotopic (exact) mass is 397 g/mol. The van der Waals surface area contributed by atoms with Gasteiger partial charge in [0.05, 0.1) is 10.4 Å². The summed E-state index contributed by atoms with van der Waals surface area (Å²) in [5.74, 6) is -0.749. The maximum absolute atomic E-state index is 12.8. The van der Waals surface area contributed by atoms with Gasteiger partial charge in [-0.25, -0.2) is 4.79 Å². The van der Waals surface area contributed by atoms with Gasteiger partial charge in [0, 0.05) is 17.8 Å². The van der Waals surface area contributed by atoms with Gasteiger partial charge in [0.15, 0.2) is 5.58 Å². The normalized spacial score (nSPS) is 11.4. The zero-order valence-electron chi connectivity index (χ0n) is 16.8. The Balaban J connectivity index is 1.97. The van der Waals surface area contributed by atoms with Gasteiger partial charge in [-0.2, -0.15) is 0 Å². The molecule has 0 aliphatic rings. The Kier molecular flexibility index (Phi) is 5.54. The van der Waals surface area contributed by atoms with Crippen molar-refractivity contribution >= 4 is 28.4 Å². The minimum absolute atomic E-state index is 0.181. The molecule has 152 valence electrons. The summed E-state index contributed by atoms with van der Waals surface area (Å²) in [7, 11) is 0. The lowest BCUT2D eigenvalue weighted by Crippen LogP contribution is -2.26. The van der Waals surface area contributed by atoms with Gasteiger partial charge in [0.1, 0.15) is 6.54 Å². The quantitative estimate of drug-likeness (QED) is 0.490. The SMILES string of the molecule is CC(C)c1cccc(C(C)C)c1NC(=O)Cn1c(=O)oc2ccc([N+](=O)[O-])cc21. The molecule has 0 atom stereocenters. The summed E-state index contributed by atoms with van der Waals surface area (Å²) in [6.07, 6.45) is 0. The fourth-order valence-corrected chi connectivity index (χ4v) is 3.33. The molecule has 0 fully saturated rings. The van der Waals surface area contributed by atoms with Gasteiger partial charge >= 0.3 is 5.76 Å². The first-order valence-electron chi connectivity index (χ1n) is 9.39. The number of hydrogen-bond acceptors (Lipinski definition) is 5. The summed E-state index contributed by atoms with van der Waals surface area (Å²) < 4.78 is 6.22. The zero-order chi connectivity index (χ0) is 21.3. The van der Waals surface area contributed by atoms with Crippen LogP contribution in [-0.2, 0) is 11.3 Å². The third-order valence-electron chi connectivity index (χ3n) is 4.80. The van der Waals surface area contributed by atoms with E-state index < -0.39 is 16.6 Å². The number of carbonyl (C=O) groups excluding carboxylic acids is 1. The third kappa shape index (κ3) is 4.06. The number of nitrogens with one attached hydrogen (secondary N) is 1. The lowest BCUT2D eigenvalue weighted by atomic mass is 9.92. The molecule has 0 unspecified atom stereocenters. The minimum atomic E-state index is -0.739. The van der Waals surface area contributed by atoms with Gasteiger partial charge in [-0.1, -0.05) is 45.9 Å². The summed E-state index contributed by atoms with van der Waals surface area (Å²) in [5.41, 5.74) is 2.97. The van der Waals surface area contributed by atoms with Crippen LogP contribution >= 0.6 is 0 Å². The summed E-state index contributed by atoms with van der Waals surface area (Å²) in [6, 6.07) is 9.74. The Labute approximate surface area is 167 Å². The molecule has 0 saturated carbocycles. The van der Waals surface area contributed by atoms with Crippen LogP contribution in [0.4, 0.5) is 11.4 Å². The molecule has 1 amide bonds. The molecular weight excluding hydrogens is 374 g/mol. The van der Waals surface area contributed by atoms with Crippen LogP contribution in [0.25, 0.3) is 11.1 Å². The fourth-order valence-electron chi connectivity index (χ4n) is 3.33. The molecule has 8 nitrogen and oxygen atoms in total. The van der Waals surface area contributed by atoms with E-state index in [1.807, 2.05) is 45.9 Å². The highest BCUT2D eigenvalue weighted by Crippen LogP contribution is 2.32. The van der Waals surface area contributed by atoms with Crippen molar-refractivity contribution in [3.8, 4) is 0 Å². The Morgan fingerprint density at radius 2 is 1.76 bits per heavy atom. The van der Waals surface area contributed by atoms with Crippen LogP contribution in [0, 0.1) is 10.1 Å². The van der Waals surface area contributed by atoms with Crippen LogP contribution in [-0.4, -0.2) is 15.4 Å². The molecule has 0 saturated heterocycles. The highest BCUT2D eigenvalue weighted by molar-refractivity contribution is 5.93. The van der Waals surface area contributed by atoms with Crippen molar-refractivity contribution < 1.29 is 14.1 Å². The number of nitro groups is 1. The number of aromatic nitrogens is 1. The Morgan fingerprint density at radius 3 is 2.31 bits per heavy atom. The smallest absolute Gasteiger partial charge is 0.408 e. The molecule has 3 rings (SSSR count). The topological polar surface area (TPSA) is 107 Å². The van der Waals surface area contributed by atoms with E-state index in [9.17, 15) is 19.7 Å². The van der Waals surface area contributed by atoms with Gasteiger partial charge in [-0.15, -0.1) is 0 Å². The van der Waals surface area contributed by atoms with Crippen molar-refractivity contribution in [1.29, 1.82) is 0 Å². The minimum Gasteiger partial charge on any atom is -0.408 e. The second-order valence-corrected chi connectivity index (χ2v) is 7.53. The van der Waals surface area contributed by atoms with Gasteiger partial charge in [0.2, 0.25) is 5.91 Å². The van der Waals surface area contributed by atoms with E-state index in [1.165, 1.54) is 18.2 Å². The molecule has 0 spiro atoms. The number of rotatable bonds is 6. The van der Waals surface area contributed by atoms with Crippen LogP contribution in [0.1, 0.15) is 50.7 Å². The first-order valence-corrected chi connectivity index (χ1v) is 9.39. The van der Waals surface area contributed by atoms with E-state index in [-0.39, 0.29) is 35.2 Å². The second-order valence-electron chi connectivity index (χ2n) is 7.53. The molecule has 8 heteroatoms. The predicted octanol–water partition coefficient (Wildman–Crippen LogP) is 4.39. The molecule has 0 bridgehead atoms. The van der Waals surface area contributed by atoms with Crippen LogP contribution in [0.5, 0.6) is 0 Å². The van der Waals surface area contributed by atoms with Gasteiger partial charge in [-0.3, -0.25) is 19.5 Å². The standard InChI is InChI=1S/C21H23N3O5/c1-12(2)15-6-5-7-16(13(3)4)20(15)22-19(25)11-23-17-10-14(24(27)28)8-9-18(17)29-21(23)26/h5-10,12-13H,11H2,1-4H3,(H,22,25). The molecule has 0 aliphatic heterocycles. The highest BCUT2D eigenvalue weighted by Gasteiger charge is 2.19. The summed E-state index contributed by atoms with van der Waals surface area (Å²) in [5, 5.41) is 14.0. The molecule has 0 radical (unpaired) electrons. The average molecular weight is 397 g/mol. The Hall–Kier alpha value is -3.42. The fraction of sp³-hybridized carbons (Fsp3) is 0.333. The van der Waals surface area contributed by atoms with E-state index in [0.29, 0.717) is 0 Å². The molecular formula is C21H23N3O5. The van der Waals surface area contributed by atoms with Gasteiger partial charge in [-0.05, 0) is 29.0 Å². The number of non-ortho nitro benzene ring substituents is 1. The number of fused-ring (bicyclic) bond motifs is 1. The van der Waals surface area contributed by atoms with E-state index in [4.69, 9.17) is 4.42 Å². The molecule has 0 aliphatic carbocycles. The Morgan fingerprint density at radius 1 is 1.14 bits per heavy atom. The largest absolute Gasteiger partial charge is 0.420 e. The van der Waals surface area contributed by atoms with Crippen LogP contribution in [0.15, 0.2) is 45.6 Å². The number of nitrogens with zero attached hydrogens (tertiary/aromatic N) is 2. The van der Waals surface area contributed by atoms with E-state index in [0.717, 1.165) is 21.4 Å². The number of benzene rings is 2. The first-order chi connectivity index (χ1) is 13.7. The van der Waals surface area contributed by atoms with Crippen LogP contribution in [0.2, 0.25) is 0 Å². The predicted molar refractivity (Wildman–Crippen MR) is 110 cm³/mol. The van der Waals surface area contributed by atoms with Crippen molar-refractivity contribution in [2.24, 2.45) is 0 Å². The van der Waals surface area contributed by atoms with E-state index >= 15 is 0 Å². The third-order valence-corrected chi connectivity index (χ3v) is 4.80. The molecule has 29 heavy (non-hydrogen) atoms. The van der Waals surface area contributed by atoms with Crippen molar-refractivity contribution in [2.45, 2.75) is 46.1 Å². The maximum atomic E-state index is 12.8. The van der Waals surface area contributed by atoms with Gasteiger partial charge in [0.25, 0.3) is 5.69 Å². The average Bonchev–Trinajstić information content (AvgIpc) is 2.96. The lowest BCUT2D eigenvalue weighted by molar-refractivity contribution is -0.384. The van der Waals surface area contributed by atoms with E-state index in [1.54, 1.807) is 0 Å². The van der Waals surface area contributed by atoms with Crippen molar-refractivity contribution in [1.82, 2.24) is 4.57 Å². The lowest BCUT2D eigenvalue weighted by Gasteiger charge is -2.20. The van der Waals surface area contributed by atoms with Crippen LogP contribution in [0.3, 0.4) is 0 Å². The van der Waals surface area contributed by atoms with Crippen LogP contribution < -0.4 is 11.1 Å². The molecule has 1 N–H and O–H groups in total. The zero-order valence-corrected chi connectivity index (χ0v) is 16.8. The molecule has 1 heterocycles. The first kappa shape index (κ1) is 20.3. The summed E-state index contributed by atoms with van der Waals surface area (Å²) in [6.45, 7) is 7.87. The number of carbonyl (C=O) groups is 1. The van der Waals surface area contributed by atoms with E-state index in [2.05, 4.69) is 5.32 Å². The number of anilines is 1. The Bertz CT molecular complexity index is 1110. The van der Waals surface area contributed by atoms with Crippen molar-refractivity contribution in [3.05, 3.63) is 68.2 Å². The summed E-state index contributed by atoms with van der Waals surface area (Å²) in [4.78, 5) is 35.5. The molecule has 1 aromatic heterocycles. The summed E-state index contributed by atoms with van der Waals surface area (Å²) >= 11 is 0. The molecule has 2 aromatic carbocycles. The van der Waals surface area contributed by atoms with Crippen molar-refractivity contribution in [2.75, 3.05) is 5.32 Å². The van der Waals surface area contributed by atoms with Crippen molar-refractivity contribution in [3.63, 3.8) is 0 Å². The maximum Gasteiger partial charge on any atom is 0.420 e. The highest BCUT2D eigenvalue weighted by atomic mass is 16.6. The number of hydrogen-bond donors (Lipinski definition) is 1. The number of para-hydroxylation sites is 1. The second kappa shape index (κ2) is 7.90. The number of oxazole rings is 1. The molecule has 3 aromatic rings. The van der Waals surface area contributed by atoms with Gasteiger partial charge < -0.3 is 9.73 Å². The number of amides is 1. The number of nitro benzene ring substituents is 1.